The molecule has 110 valence electrons. The second-order valence-corrected chi connectivity index (χ2v) is 5.92. The minimum atomic E-state index is 0.193. The number of nitrogens with one attached hydrogen (secondary N) is 1. The maximum absolute atomic E-state index is 12.5. The van der Waals surface area contributed by atoms with Gasteiger partial charge in [-0.1, -0.05) is 24.1 Å². The van der Waals surface area contributed by atoms with Crippen molar-refractivity contribution in [3.8, 4) is 0 Å². The van der Waals surface area contributed by atoms with Crippen LogP contribution < -0.4 is 5.32 Å². The predicted octanol–water partition coefficient (Wildman–Crippen LogP) is 2.77. The highest BCUT2D eigenvalue weighted by atomic mass is 16.2. The number of amides is 1. The smallest absolute Gasteiger partial charge is 0.253 e. The molecule has 1 aromatic rings. The van der Waals surface area contributed by atoms with Crippen LogP contribution in [-0.2, 0) is 0 Å². The second-order valence-electron chi connectivity index (χ2n) is 5.92. The number of piperidine rings is 1. The first kappa shape index (κ1) is 15.0. The van der Waals surface area contributed by atoms with Gasteiger partial charge < -0.3 is 10.2 Å². The number of benzene rings is 1. The van der Waals surface area contributed by atoms with Crippen molar-refractivity contribution in [2.75, 3.05) is 26.2 Å². The number of carbonyl (C=O) groups is 1. The molecular weight excluding hydrogens is 248 g/mol. The van der Waals surface area contributed by atoms with Crippen LogP contribution in [0.25, 0.3) is 0 Å². The fourth-order valence-electron chi connectivity index (χ4n) is 2.97. The number of likely N-dealkylation sites (tertiary alicyclic amines) is 1. The molecule has 1 heterocycles. The molecule has 0 saturated carbocycles. The standard InChI is InChI=1S/C17H26N2O/c1-4-18-12-15-5-7-19(8-6-15)17(20)16-10-13(2)9-14(3)11-16/h9-11,15,18H,4-8,12H2,1-3H3. The number of aryl methyl sites for hydroxylation is 2. The Kier molecular flexibility index (Phi) is 5.18. The molecule has 0 unspecified atom stereocenters. The van der Waals surface area contributed by atoms with E-state index >= 15 is 0 Å². The Morgan fingerprint density at radius 1 is 1.20 bits per heavy atom. The van der Waals surface area contributed by atoms with Gasteiger partial charge in [0.05, 0.1) is 0 Å². The molecule has 1 aliphatic heterocycles. The maximum atomic E-state index is 12.5. The molecule has 1 saturated heterocycles. The number of hydrogen-bond donors (Lipinski definition) is 1. The summed E-state index contributed by atoms with van der Waals surface area (Å²) in [5.74, 6) is 0.914. The lowest BCUT2D eigenvalue weighted by molar-refractivity contribution is 0.0690. The molecular formula is C17H26N2O. The first-order chi connectivity index (χ1) is 9.60. The molecule has 2 rings (SSSR count). The Morgan fingerprint density at radius 3 is 2.35 bits per heavy atom. The summed E-state index contributed by atoms with van der Waals surface area (Å²) >= 11 is 0. The van der Waals surface area contributed by atoms with E-state index in [1.165, 1.54) is 0 Å². The third-order valence-corrected chi connectivity index (χ3v) is 4.05. The zero-order chi connectivity index (χ0) is 14.5. The number of hydrogen-bond acceptors (Lipinski definition) is 2. The van der Waals surface area contributed by atoms with Gasteiger partial charge in [0.2, 0.25) is 0 Å². The van der Waals surface area contributed by atoms with Crippen LogP contribution in [0.4, 0.5) is 0 Å². The summed E-state index contributed by atoms with van der Waals surface area (Å²) in [6.45, 7) is 10.1. The third kappa shape index (κ3) is 3.83. The van der Waals surface area contributed by atoms with Crippen LogP contribution in [0.15, 0.2) is 18.2 Å². The molecule has 1 aliphatic rings. The van der Waals surface area contributed by atoms with Gasteiger partial charge in [0.25, 0.3) is 5.91 Å². The summed E-state index contributed by atoms with van der Waals surface area (Å²) in [5.41, 5.74) is 3.17. The van der Waals surface area contributed by atoms with Crippen molar-refractivity contribution in [3.05, 3.63) is 34.9 Å². The van der Waals surface area contributed by atoms with Crippen LogP contribution in [-0.4, -0.2) is 37.0 Å². The number of carbonyl (C=O) groups excluding carboxylic acids is 1. The highest BCUT2D eigenvalue weighted by Gasteiger charge is 2.23. The molecule has 0 radical (unpaired) electrons. The lowest BCUT2D eigenvalue weighted by atomic mass is 9.96. The predicted molar refractivity (Wildman–Crippen MR) is 83.1 cm³/mol. The molecule has 0 aliphatic carbocycles. The normalized spacial score (nSPS) is 16.4. The summed E-state index contributed by atoms with van der Waals surface area (Å²) < 4.78 is 0. The van der Waals surface area contributed by atoms with E-state index in [-0.39, 0.29) is 5.91 Å². The largest absolute Gasteiger partial charge is 0.339 e. The van der Waals surface area contributed by atoms with Crippen molar-refractivity contribution in [2.45, 2.75) is 33.6 Å². The SMILES string of the molecule is CCNCC1CCN(C(=O)c2cc(C)cc(C)c2)CC1. The Labute approximate surface area is 122 Å². The summed E-state index contributed by atoms with van der Waals surface area (Å²) in [6.07, 6.45) is 2.23. The molecule has 1 N–H and O–H groups in total. The minimum Gasteiger partial charge on any atom is -0.339 e. The Balaban J connectivity index is 1.94. The Bertz CT molecular complexity index is 442. The van der Waals surface area contributed by atoms with Gasteiger partial charge in [-0.15, -0.1) is 0 Å². The summed E-state index contributed by atoms with van der Waals surface area (Å²) in [4.78, 5) is 14.5. The van der Waals surface area contributed by atoms with Gasteiger partial charge in [-0.2, -0.15) is 0 Å². The average Bonchev–Trinajstić information content (AvgIpc) is 2.44. The van der Waals surface area contributed by atoms with Gasteiger partial charge in [-0.3, -0.25) is 4.79 Å². The van der Waals surface area contributed by atoms with E-state index in [1.54, 1.807) is 0 Å². The van der Waals surface area contributed by atoms with Gasteiger partial charge in [-0.25, -0.2) is 0 Å². The van der Waals surface area contributed by atoms with E-state index in [0.29, 0.717) is 0 Å². The lowest BCUT2D eigenvalue weighted by Crippen LogP contribution is -2.40. The molecule has 20 heavy (non-hydrogen) atoms. The zero-order valence-corrected chi connectivity index (χ0v) is 12.9. The summed E-state index contributed by atoms with van der Waals surface area (Å²) in [6, 6.07) is 6.11. The zero-order valence-electron chi connectivity index (χ0n) is 12.9. The monoisotopic (exact) mass is 274 g/mol. The molecule has 0 atom stereocenters. The van der Waals surface area contributed by atoms with Crippen molar-refractivity contribution in [1.29, 1.82) is 0 Å². The van der Waals surface area contributed by atoms with Gasteiger partial charge >= 0.3 is 0 Å². The quantitative estimate of drug-likeness (QED) is 0.915. The highest BCUT2D eigenvalue weighted by Crippen LogP contribution is 2.19. The van der Waals surface area contributed by atoms with Crippen LogP contribution in [0.3, 0.4) is 0 Å². The van der Waals surface area contributed by atoms with Crippen molar-refractivity contribution in [2.24, 2.45) is 5.92 Å². The first-order valence-corrected chi connectivity index (χ1v) is 7.68. The van der Waals surface area contributed by atoms with Crippen molar-refractivity contribution in [3.63, 3.8) is 0 Å². The van der Waals surface area contributed by atoms with Gasteiger partial charge in [0, 0.05) is 18.7 Å². The molecule has 0 aromatic heterocycles. The molecule has 0 spiro atoms. The van der Waals surface area contributed by atoms with Crippen LogP contribution in [0, 0.1) is 19.8 Å². The highest BCUT2D eigenvalue weighted by molar-refractivity contribution is 5.94. The van der Waals surface area contributed by atoms with Gasteiger partial charge in [0.1, 0.15) is 0 Å². The van der Waals surface area contributed by atoms with Crippen molar-refractivity contribution in [1.82, 2.24) is 10.2 Å². The molecule has 3 heteroatoms. The van der Waals surface area contributed by atoms with E-state index in [2.05, 4.69) is 18.3 Å². The van der Waals surface area contributed by atoms with Crippen molar-refractivity contribution >= 4 is 5.91 Å². The van der Waals surface area contributed by atoms with Crippen LogP contribution in [0.5, 0.6) is 0 Å². The van der Waals surface area contributed by atoms with Crippen LogP contribution in [0.2, 0.25) is 0 Å². The number of nitrogens with zero attached hydrogens (tertiary/aromatic N) is 1. The van der Waals surface area contributed by atoms with Gasteiger partial charge in [0.15, 0.2) is 0 Å². The van der Waals surface area contributed by atoms with Crippen molar-refractivity contribution < 1.29 is 4.79 Å². The fourth-order valence-corrected chi connectivity index (χ4v) is 2.97. The molecule has 1 amide bonds. The average molecular weight is 274 g/mol. The molecule has 3 nitrogen and oxygen atoms in total. The summed E-state index contributed by atoms with van der Waals surface area (Å²) in [5, 5.41) is 3.41. The summed E-state index contributed by atoms with van der Waals surface area (Å²) in [7, 11) is 0. The minimum absolute atomic E-state index is 0.193. The number of rotatable bonds is 4. The maximum Gasteiger partial charge on any atom is 0.253 e. The Hall–Kier alpha value is -1.35. The van der Waals surface area contributed by atoms with E-state index < -0.39 is 0 Å². The van der Waals surface area contributed by atoms with E-state index in [4.69, 9.17) is 0 Å². The van der Waals surface area contributed by atoms with E-state index in [0.717, 1.165) is 61.6 Å². The first-order valence-electron chi connectivity index (χ1n) is 7.68. The Morgan fingerprint density at radius 2 is 1.80 bits per heavy atom. The van der Waals surface area contributed by atoms with Crippen LogP contribution >= 0.6 is 0 Å². The van der Waals surface area contributed by atoms with E-state index in [9.17, 15) is 4.79 Å². The molecule has 0 bridgehead atoms. The lowest BCUT2D eigenvalue weighted by Gasteiger charge is -2.32. The van der Waals surface area contributed by atoms with Gasteiger partial charge in [-0.05, 0) is 57.8 Å². The molecule has 1 fully saturated rings. The third-order valence-electron chi connectivity index (χ3n) is 4.05. The second kappa shape index (κ2) is 6.89. The van der Waals surface area contributed by atoms with Crippen LogP contribution in [0.1, 0.15) is 41.3 Å². The fraction of sp³-hybridized carbons (Fsp3) is 0.588. The topological polar surface area (TPSA) is 32.3 Å². The van der Waals surface area contributed by atoms with E-state index in [1.807, 2.05) is 30.9 Å². The molecule has 1 aromatic carbocycles.